The highest BCUT2D eigenvalue weighted by Gasteiger charge is 2.26. The van der Waals surface area contributed by atoms with Crippen LogP contribution >= 0.6 is 0 Å². The highest BCUT2D eigenvalue weighted by Crippen LogP contribution is 2.27. The highest BCUT2D eigenvalue weighted by molar-refractivity contribution is 5.75. The topological polar surface area (TPSA) is 58.4 Å². The second kappa shape index (κ2) is 6.36. The SMILES string of the molecule is NC(=O)CN(CC1CCCC1)C1CCNCC1. The van der Waals surface area contributed by atoms with Gasteiger partial charge in [0.15, 0.2) is 0 Å². The number of piperidine rings is 1. The summed E-state index contributed by atoms with van der Waals surface area (Å²) in [5.41, 5.74) is 5.38. The molecule has 2 fully saturated rings. The van der Waals surface area contributed by atoms with E-state index >= 15 is 0 Å². The van der Waals surface area contributed by atoms with Gasteiger partial charge in [-0.05, 0) is 44.7 Å². The number of carbonyl (C=O) groups is 1. The predicted octanol–water partition coefficient (Wildman–Crippen LogP) is 0.716. The van der Waals surface area contributed by atoms with Crippen molar-refractivity contribution in [2.24, 2.45) is 11.7 Å². The molecule has 98 valence electrons. The Kier molecular flexibility index (Phi) is 4.80. The summed E-state index contributed by atoms with van der Waals surface area (Å²) in [6, 6.07) is 0.560. The fraction of sp³-hybridized carbons (Fsp3) is 0.923. The lowest BCUT2D eigenvalue weighted by molar-refractivity contribution is -0.120. The molecule has 1 aliphatic carbocycles. The molecule has 0 unspecified atom stereocenters. The maximum atomic E-state index is 11.2. The van der Waals surface area contributed by atoms with E-state index in [1.165, 1.54) is 25.7 Å². The zero-order chi connectivity index (χ0) is 12.1. The van der Waals surface area contributed by atoms with Crippen molar-refractivity contribution in [1.29, 1.82) is 0 Å². The summed E-state index contributed by atoms with van der Waals surface area (Å²) < 4.78 is 0. The average Bonchev–Trinajstić information content (AvgIpc) is 2.82. The number of nitrogens with zero attached hydrogens (tertiary/aromatic N) is 1. The molecule has 0 radical (unpaired) electrons. The summed E-state index contributed by atoms with van der Waals surface area (Å²) in [6.07, 6.45) is 7.70. The lowest BCUT2D eigenvalue weighted by Crippen LogP contribution is -2.48. The number of amides is 1. The van der Waals surface area contributed by atoms with Gasteiger partial charge < -0.3 is 11.1 Å². The lowest BCUT2D eigenvalue weighted by atomic mass is 10.0. The van der Waals surface area contributed by atoms with Crippen LogP contribution in [0.1, 0.15) is 38.5 Å². The van der Waals surface area contributed by atoms with Gasteiger partial charge in [0.1, 0.15) is 0 Å². The van der Waals surface area contributed by atoms with E-state index in [-0.39, 0.29) is 5.91 Å². The molecule has 3 N–H and O–H groups in total. The summed E-state index contributed by atoms with van der Waals surface area (Å²) in [5, 5.41) is 3.37. The minimum Gasteiger partial charge on any atom is -0.369 e. The Hall–Kier alpha value is -0.610. The van der Waals surface area contributed by atoms with Crippen LogP contribution in [0.4, 0.5) is 0 Å². The van der Waals surface area contributed by atoms with E-state index in [2.05, 4.69) is 10.2 Å². The van der Waals surface area contributed by atoms with Crippen LogP contribution in [-0.2, 0) is 4.79 Å². The summed E-state index contributed by atoms with van der Waals surface area (Å²) in [6.45, 7) is 3.67. The highest BCUT2D eigenvalue weighted by atomic mass is 16.1. The maximum absolute atomic E-state index is 11.2. The Labute approximate surface area is 104 Å². The minimum atomic E-state index is -0.179. The van der Waals surface area contributed by atoms with E-state index in [1.54, 1.807) is 0 Å². The summed E-state index contributed by atoms with van der Waals surface area (Å²) in [5.74, 6) is 0.616. The fourth-order valence-corrected chi connectivity index (χ4v) is 3.24. The molecule has 1 heterocycles. The largest absolute Gasteiger partial charge is 0.369 e. The van der Waals surface area contributed by atoms with E-state index in [9.17, 15) is 4.79 Å². The van der Waals surface area contributed by atoms with E-state index in [1.807, 2.05) is 0 Å². The van der Waals surface area contributed by atoms with Gasteiger partial charge >= 0.3 is 0 Å². The van der Waals surface area contributed by atoms with Gasteiger partial charge in [-0.1, -0.05) is 12.8 Å². The van der Waals surface area contributed by atoms with Crippen LogP contribution in [0.3, 0.4) is 0 Å². The molecule has 1 saturated heterocycles. The van der Waals surface area contributed by atoms with Crippen molar-refractivity contribution in [3.05, 3.63) is 0 Å². The summed E-state index contributed by atoms with van der Waals surface area (Å²) in [4.78, 5) is 13.5. The molecule has 17 heavy (non-hydrogen) atoms. The molecule has 4 heteroatoms. The van der Waals surface area contributed by atoms with Crippen molar-refractivity contribution < 1.29 is 4.79 Å². The molecule has 4 nitrogen and oxygen atoms in total. The number of primary amides is 1. The number of hydrogen-bond acceptors (Lipinski definition) is 3. The van der Waals surface area contributed by atoms with Crippen LogP contribution in [0.25, 0.3) is 0 Å². The molecule has 1 aliphatic heterocycles. The van der Waals surface area contributed by atoms with Crippen molar-refractivity contribution in [2.45, 2.75) is 44.6 Å². The second-order valence-electron chi connectivity index (χ2n) is 5.53. The van der Waals surface area contributed by atoms with Gasteiger partial charge in [-0.2, -0.15) is 0 Å². The Balaban J connectivity index is 1.88. The molecule has 2 aliphatic rings. The van der Waals surface area contributed by atoms with E-state index in [0.29, 0.717) is 12.6 Å². The Morgan fingerprint density at radius 2 is 1.82 bits per heavy atom. The standard InChI is InChI=1S/C13H25N3O/c14-13(17)10-16(9-11-3-1-2-4-11)12-5-7-15-8-6-12/h11-12,15H,1-10H2,(H2,14,17). The van der Waals surface area contributed by atoms with Crippen molar-refractivity contribution in [1.82, 2.24) is 10.2 Å². The first-order chi connectivity index (χ1) is 8.25. The fourth-order valence-electron chi connectivity index (χ4n) is 3.24. The molecule has 1 saturated carbocycles. The van der Waals surface area contributed by atoms with Crippen LogP contribution < -0.4 is 11.1 Å². The third-order valence-corrected chi connectivity index (χ3v) is 4.15. The van der Waals surface area contributed by atoms with Gasteiger partial charge in [0, 0.05) is 12.6 Å². The van der Waals surface area contributed by atoms with Crippen LogP contribution in [0.15, 0.2) is 0 Å². The van der Waals surface area contributed by atoms with Crippen molar-refractivity contribution in [2.75, 3.05) is 26.2 Å². The molecule has 0 aromatic rings. The van der Waals surface area contributed by atoms with Gasteiger partial charge in [0.25, 0.3) is 0 Å². The monoisotopic (exact) mass is 239 g/mol. The van der Waals surface area contributed by atoms with Crippen LogP contribution in [0.5, 0.6) is 0 Å². The van der Waals surface area contributed by atoms with Gasteiger partial charge in [0.05, 0.1) is 6.54 Å². The second-order valence-corrected chi connectivity index (χ2v) is 5.53. The zero-order valence-electron chi connectivity index (χ0n) is 10.7. The first-order valence-electron chi connectivity index (χ1n) is 6.99. The Morgan fingerprint density at radius 3 is 2.41 bits per heavy atom. The number of carbonyl (C=O) groups excluding carboxylic acids is 1. The first kappa shape index (κ1) is 12.8. The number of hydrogen-bond donors (Lipinski definition) is 2. The van der Waals surface area contributed by atoms with Gasteiger partial charge in [-0.15, -0.1) is 0 Å². The van der Waals surface area contributed by atoms with Crippen molar-refractivity contribution in [3.8, 4) is 0 Å². The van der Waals surface area contributed by atoms with Crippen LogP contribution in [0.2, 0.25) is 0 Å². The number of nitrogens with two attached hydrogens (primary N) is 1. The molecule has 0 bridgehead atoms. The first-order valence-corrected chi connectivity index (χ1v) is 6.99. The van der Waals surface area contributed by atoms with Gasteiger partial charge in [-0.25, -0.2) is 0 Å². The molecule has 0 aromatic heterocycles. The molecule has 2 rings (SSSR count). The predicted molar refractivity (Wildman–Crippen MR) is 68.6 cm³/mol. The molecular formula is C13H25N3O. The minimum absolute atomic E-state index is 0.179. The third kappa shape index (κ3) is 3.96. The molecule has 0 aromatic carbocycles. The summed E-state index contributed by atoms with van der Waals surface area (Å²) in [7, 11) is 0. The Bertz CT molecular complexity index is 245. The quantitative estimate of drug-likeness (QED) is 0.743. The van der Waals surface area contributed by atoms with Gasteiger partial charge in [-0.3, -0.25) is 9.69 Å². The molecule has 0 spiro atoms. The van der Waals surface area contributed by atoms with Crippen molar-refractivity contribution >= 4 is 5.91 Å². The average molecular weight is 239 g/mol. The van der Waals surface area contributed by atoms with Crippen molar-refractivity contribution in [3.63, 3.8) is 0 Å². The molecule has 1 amide bonds. The van der Waals surface area contributed by atoms with E-state index < -0.39 is 0 Å². The van der Waals surface area contributed by atoms with Crippen LogP contribution in [0, 0.1) is 5.92 Å². The smallest absolute Gasteiger partial charge is 0.231 e. The van der Waals surface area contributed by atoms with Crippen LogP contribution in [-0.4, -0.2) is 43.0 Å². The van der Waals surface area contributed by atoms with Gasteiger partial charge in [0.2, 0.25) is 5.91 Å². The third-order valence-electron chi connectivity index (χ3n) is 4.15. The summed E-state index contributed by atoms with van der Waals surface area (Å²) >= 11 is 0. The molecular weight excluding hydrogens is 214 g/mol. The Morgan fingerprint density at radius 1 is 1.18 bits per heavy atom. The maximum Gasteiger partial charge on any atom is 0.231 e. The number of rotatable bonds is 5. The normalized spacial score (nSPS) is 23.4. The van der Waals surface area contributed by atoms with E-state index in [0.717, 1.165) is 38.4 Å². The molecule has 0 atom stereocenters. The lowest BCUT2D eigenvalue weighted by Gasteiger charge is -2.35. The zero-order valence-corrected chi connectivity index (χ0v) is 10.7. The van der Waals surface area contributed by atoms with E-state index in [4.69, 9.17) is 5.73 Å². The number of nitrogens with one attached hydrogen (secondary N) is 1.